The number of amides is 1. The van der Waals surface area contributed by atoms with Crippen LogP contribution in [0.25, 0.3) is 0 Å². The molecule has 1 N–H and O–H groups in total. The minimum absolute atomic E-state index is 0.0870. The Hall–Kier alpha value is -4.10. The Morgan fingerprint density at radius 2 is 1.29 bits per heavy atom. The molecule has 188 valence electrons. The number of anilines is 1. The van der Waals surface area contributed by atoms with E-state index in [-0.39, 0.29) is 35.0 Å². The molecule has 0 atom stereocenters. The average molecular weight is 507 g/mol. The Morgan fingerprint density at radius 1 is 0.743 bits per heavy atom. The number of rotatable bonds is 6. The van der Waals surface area contributed by atoms with Gasteiger partial charge in [-0.15, -0.1) is 0 Å². The average Bonchev–Trinajstić information content (AvgIpc) is 2.80. The summed E-state index contributed by atoms with van der Waals surface area (Å²) in [6.45, 7) is -1.15. The molecule has 0 saturated heterocycles. The Bertz CT molecular complexity index is 1130. The highest BCUT2D eigenvalue weighted by molar-refractivity contribution is 6.04. The third-order valence-corrected chi connectivity index (χ3v) is 4.28. The zero-order valence-electron chi connectivity index (χ0n) is 17.8. The number of halogens is 6. The Balaban J connectivity index is 2.24. The maximum absolute atomic E-state index is 12.9. The largest absolute Gasteiger partial charge is 0.465 e. The maximum atomic E-state index is 12.9. The molecule has 0 spiro atoms. The number of ether oxygens (including phenoxy) is 3. The Labute approximate surface area is 192 Å². The van der Waals surface area contributed by atoms with Crippen LogP contribution in [-0.2, 0) is 31.4 Å². The first-order valence-electron chi connectivity index (χ1n) is 9.24. The molecule has 2 aromatic rings. The van der Waals surface area contributed by atoms with Gasteiger partial charge in [-0.2, -0.15) is 26.3 Å². The van der Waals surface area contributed by atoms with Crippen molar-refractivity contribution in [3.05, 3.63) is 64.2 Å². The van der Waals surface area contributed by atoms with Gasteiger partial charge >= 0.3 is 30.3 Å². The van der Waals surface area contributed by atoms with Crippen molar-refractivity contribution in [3.63, 3.8) is 0 Å². The van der Waals surface area contributed by atoms with Crippen LogP contribution < -0.4 is 5.32 Å². The fraction of sp³-hybridized carbons (Fsp3) is 0.238. The van der Waals surface area contributed by atoms with Crippen LogP contribution >= 0.6 is 0 Å². The number of carbonyl (C=O) groups is 4. The van der Waals surface area contributed by atoms with Crippen molar-refractivity contribution in [1.29, 1.82) is 0 Å². The summed E-state index contributed by atoms with van der Waals surface area (Å²) in [6.07, 6.45) is -10.4. The quantitative estimate of drug-likeness (QED) is 0.357. The summed E-state index contributed by atoms with van der Waals surface area (Å²) in [7, 11) is 2.11. The number of methoxy groups -OCH3 is 2. The van der Waals surface area contributed by atoms with Crippen molar-refractivity contribution in [3.8, 4) is 0 Å². The van der Waals surface area contributed by atoms with E-state index >= 15 is 0 Å². The first kappa shape index (κ1) is 27.1. The SMILES string of the molecule is COC(=O)c1ccc(C(=O)OC)c(NC(=O)COC(=O)c2cc(C(F)(F)F)cc(C(F)(F)F)c2)c1. The molecular formula is C21H15F6NO7. The van der Waals surface area contributed by atoms with E-state index in [0.717, 1.165) is 26.4 Å². The second kappa shape index (κ2) is 10.4. The van der Waals surface area contributed by atoms with Crippen LogP contribution in [0.5, 0.6) is 0 Å². The van der Waals surface area contributed by atoms with Crippen LogP contribution in [0.2, 0.25) is 0 Å². The van der Waals surface area contributed by atoms with Crippen LogP contribution in [0.15, 0.2) is 36.4 Å². The minimum atomic E-state index is -5.19. The van der Waals surface area contributed by atoms with Crippen molar-refractivity contribution in [2.24, 2.45) is 0 Å². The van der Waals surface area contributed by atoms with E-state index in [9.17, 15) is 45.5 Å². The molecule has 8 nitrogen and oxygen atoms in total. The van der Waals surface area contributed by atoms with E-state index in [1.54, 1.807) is 0 Å². The lowest BCUT2D eigenvalue weighted by Gasteiger charge is -2.14. The number of alkyl halides is 6. The van der Waals surface area contributed by atoms with Crippen molar-refractivity contribution >= 4 is 29.5 Å². The fourth-order valence-electron chi connectivity index (χ4n) is 2.65. The predicted molar refractivity (Wildman–Crippen MR) is 104 cm³/mol. The van der Waals surface area contributed by atoms with Crippen LogP contribution in [0, 0.1) is 0 Å². The predicted octanol–water partition coefficient (Wildman–Crippen LogP) is 4.09. The summed E-state index contributed by atoms with van der Waals surface area (Å²) in [5.41, 5.74) is -5.15. The van der Waals surface area contributed by atoms with E-state index in [1.165, 1.54) is 6.07 Å². The number of carbonyl (C=O) groups excluding carboxylic acids is 4. The molecule has 0 unspecified atom stereocenters. The van der Waals surface area contributed by atoms with E-state index in [4.69, 9.17) is 0 Å². The summed E-state index contributed by atoms with van der Waals surface area (Å²) < 4.78 is 91.3. The molecule has 0 bridgehead atoms. The molecule has 0 fully saturated rings. The van der Waals surface area contributed by atoms with Gasteiger partial charge in [-0.1, -0.05) is 0 Å². The smallest absolute Gasteiger partial charge is 0.416 e. The van der Waals surface area contributed by atoms with Gasteiger partial charge in [0.25, 0.3) is 5.91 Å². The van der Waals surface area contributed by atoms with Gasteiger partial charge in [0, 0.05) is 0 Å². The number of benzene rings is 2. The topological polar surface area (TPSA) is 108 Å². The highest BCUT2D eigenvalue weighted by atomic mass is 19.4. The van der Waals surface area contributed by atoms with Crippen molar-refractivity contribution in [1.82, 2.24) is 0 Å². The van der Waals surface area contributed by atoms with Gasteiger partial charge in [0.05, 0.1) is 47.7 Å². The molecule has 2 aromatic carbocycles. The number of esters is 3. The highest BCUT2D eigenvalue weighted by Gasteiger charge is 2.37. The first-order chi connectivity index (χ1) is 16.2. The summed E-state index contributed by atoms with van der Waals surface area (Å²) in [5, 5.41) is 2.14. The summed E-state index contributed by atoms with van der Waals surface area (Å²) in [5.74, 6) is -4.52. The van der Waals surface area contributed by atoms with Crippen LogP contribution in [-0.4, -0.2) is 44.6 Å². The second-order valence-electron chi connectivity index (χ2n) is 6.66. The monoisotopic (exact) mass is 507 g/mol. The Morgan fingerprint density at radius 3 is 1.77 bits per heavy atom. The van der Waals surface area contributed by atoms with E-state index in [2.05, 4.69) is 19.5 Å². The third-order valence-electron chi connectivity index (χ3n) is 4.28. The van der Waals surface area contributed by atoms with Gasteiger partial charge in [-0.3, -0.25) is 4.79 Å². The fourth-order valence-corrected chi connectivity index (χ4v) is 2.65. The summed E-state index contributed by atoms with van der Waals surface area (Å²) in [4.78, 5) is 47.9. The zero-order chi connectivity index (χ0) is 26.6. The normalized spacial score (nSPS) is 11.4. The summed E-state index contributed by atoms with van der Waals surface area (Å²) in [6, 6.07) is 3.47. The lowest BCUT2D eigenvalue weighted by Crippen LogP contribution is -2.23. The molecule has 0 aliphatic heterocycles. The zero-order valence-corrected chi connectivity index (χ0v) is 17.8. The molecular weight excluding hydrogens is 492 g/mol. The molecule has 14 heteroatoms. The lowest BCUT2D eigenvalue weighted by molar-refractivity contribution is -0.143. The maximum Gasteiger partial charge on any atom is 0.416 e. The van der Waals surface area contributed by atoms with Gasteiger partial charge in [-0.25, -0.2) is 14.4 Å². The molecule has 0 aliphatic carbocycles. The van der Waals surface area contributed by atoms with Crippen LogP contribution in [0.4, 0.5) is 32.0 Å². The minimum Gasteiger partial charge on any atom is -0.465 e. The van der Waals surface area contributed by atoms with Crippen molar-refractivity contribution < 1.29 is 59.7 Å². The highest BCUT2D eigenvalue weighted by Crippen LogP contribution is 2.36. The first-order valence-corrected chi connectivity index (χ1v) is 9.24. The van der Waals surface area contributed by atoms with Crippen LogP contribution in [0.1, 0.15) is 42.2 Å². The third kappa shape index (κ3) is 6.94. The van der Waals surface area contributed by atoms with Gasteiger partial charge < -0.3 is 19.5 Å². The lowest BCUT2D eigenvalue weighted by atomic mass is 10.0. The van der Waals surface area contributed by atoms with Gasteiger partial charge in [0.1, 0.15) is 0 Å². The van der Waals surface area contributed by atoms with Gasteiger partial charge in [-0.05, 0) is 36.4 Å². The molecule has 0 aromatic heterocycles. The standard InChI is InChI=1S/C21H15F6NO7/c1-33-17(30)10-3-4-14(19(32)34-2)15(7-10)28-16(29)9-35-18(31)11-5-12(20(22,23)24)8-13(6-11)21(25,26)27/h3-8H,9H2,1-2H3,(H,28,29). The van der Waals surface area contributed by atoms with E-state index in [0.29, 0.717) is 0 Å². The second-order valence-corrected chi connectivity index (χ2v) is 6.66. The molecule has 0 heterocycles. The van der Waals surface area contributed by atoms with Crippen molar-refractivity contribution in [2.75, 3.05) is 26.1 Å². The number of nitrogens with one attached hydrogen (secondary N) is 1. The molecule has 2 rings (SSSR count). The van der Waals surface area contributed by atoms with Gasteiger partial charge in [0.15, 0.2) is 6.61 Å². The molecule has 1 amide bonds. The van der Waals surface area contributed by atoms with E-state index < -0.39 is 59.5 Å². The molecule has 35 heavy (non-hydrogen) atoms. The van der Waals surface area contributed by atoms with E-state index in [1.807, 2.05) is 0 Å². The Kier molecular flexibility index (Phi) is 8.10. The summed E-state index contributed by atoms with van der Waals surface area (Å²) >= 11 is 0. The molecule has 0 saturated carbocycles. The molecule has 0 aliphatic rings. The van der Waals surface area contributed by atoms with Gasteiger partial charge in [0.2, 0.25) is 0 Å². The number of hydrogen-bond donors (Lipinski definition) is 1. The van der Waals surface area contributed by atoms with Crippen molar-refractivity contribution in [2.45, 2.75) is 12.4 Å². The number of hydrogen-bond acceptors (Lipinski definition) is 7. The molecule has 0 radical (unpaired) electrons. The van der Waals surface area contributed by atoms with Crippen LogP contribution in [0.3, 0.4) is 0 Å².